The van der Waals surface area contributed by atoms with Gasteiger partial charge in [-0.2, -0.15) is 0 Å². The summed E-state index contributed by atoms with van der Waals surface area (Å²) < 4.78 is 15.8. The van der Waals surface area contributed by atoms with Gasteiger partial charge in [0.2, 0.25) is 5.78 Å². The maximum Gasteiger partial charge on any atom is 0.207 e. The highest BCUT2D eigenvalue weighted by atomic mass is 16.7. The third kappa shape index (κ3) is 2.97. The highest BCUT2D eigenvalue weighted by Gasteiger charge is 2.30. The van der Waals surface area contributed by atoms with Crippen molar-refractivity contribution in [1.29, 1.82) is 0 Å². The van der Waals surface area contributed by atoms with Gasteiger partial charge in [0.1, 0.15) is 17.1 Å². The minimum absolute atomic E-state index is 0.00389. The van der Waals surface area contributed by atoms with Crippen molar-refractivity contribution in [1.82, 2.24) is 0 Å². The molecule has 1 aromatic carbocycles. The molecule has 112 valence electrons. The van der Waals surface area contributed by atoms with Crippen LogP contribution in [0.5, 0.6) is 11.5 Å². The minimum atomic E-state index is -0.145. The Kier molecular flexibility index (Phi) is 4.75. The lowest BCUT2D eigenvalue weighted by atomic mass is 9.95. The van der Waals surface area contributed by atoms with E-state index in [0.29, 0.717) is 34.6 Å². The largest absolute Gasteiger partial charge is 0.485 e. The zero-order valence-electron chi connectivity index (χ0n) is 12.4. The number of carbonyl (C=O) groups is 2. The SMILES string of the molecule is C/C=C\Cc1c(C(C)=O)cc2c(c1OCOC)C(=O)CO2. The van der Waals surface area contributed by atoms with Crippen LogP contribution in [0, 0.1) is 0 Å². The zero-order chi connectivity index (χ0) is 15.4. The number of carbonyl (C=O) groups excluding carboxylic acids is 2. The van der Waals surface area contributed by atoms with E-state index in [1.165, 1.54) is 14.0 Å². The Hall–Kier alpha value is -2.14. The molecule has 1 heterocycles. The molecule has 0 radical (unpaired) electrons. The van der Waals surface area contributed by atoms with Crippen LogP contribution >= 0.6 is 0 Å². The van der Waals surface area contributed by atoms with Crippen LogP contribution in [0.3, 0.4) is 0 Å². The van der Waals surface area contributed by atoms with Gasteiger partial charge in [-0.15, -0.1) is 0 Å². The van der Waals surface area contributed by atoms with Crippen LogP contribution in [-0.2, 0) is 11.2 Å². The van der Waals surface area contributed by atoms with Crippen molar-refractivity contribution in [2.75, 3.05) is 20.5 Å². The number of Topliss-reactive ketones (excluding diaryl/α,β-unsaturated/α-hetero) is 2. The highest BCUT2D eigenvalue weighted by molar-refractivity contribution is 6.07. The predicted molar refractivity (Wildman–Crippen MR) is 77.3 cm³/mol. The molecule has 5 nitrogen and oxygen atoms in total. The monoisotopic (exact) mass is 290 g/mol. The fourth-order valence-corrected chi connectivity index (χ4v) is 2.30. The van der Waals surface area contributed by atoms with E-state index < -0.39 is 0 Å². The zero-order valence-corrected chi connectivity index (χ0v) is 12.4. The lowest BCUT2D eigenvalue weighted by Crippen LogP contribution is -2.10. The first kappa shape index (κ1) is 15.3. The summed E-state index contributed by atoms with van der Waals surface area (Å²) >= 11 is 0. The molecular weight excluding hydrogens is 272 g/mol. The molecule has 0 fully saturated rings. The Morgan fingerprint density at radius 3 is 2.86 bits per heavy atom. The lowest BCUT2D eigenvalue weighted by Gasteiger charge is -2.16. The van der Waals surface area contributed by atoms with E-state index in [9.17, 15) is 9.59 Å². The summed E-state index contributed by atoms with van der Waals surface area (Å²) in [4.78, 5) is 23.9. The van der Waals surface area contributed by atoms with Crippen molar-refractivity contribution in [3.63, 3.8) is 0 Å². The second kappa shape index (κ2) is 6.54. The summed E-state index contributed by atoms with van der Waals surface area (Å²) in [6.07, 6.45) is 4.30. The Morgan fingerprint density at radius 2 is 2.24 bits per heavy atom. The molecule has 1 aliphatic heterocycles. The number of rotatable bonds is 6. The summed E-state index contributed by atoms with van der Waals surface area (Å²) in [6.45, 7) is 3.36. The molecule has 0 saturated carbocycles. The number of hydrogen-bond acceptors (Lipinski definition) is 5. The number of hydrogen-bond donors (Lipinski definition) is 0. The van der Waals surface area contributed by atoms with Gasteiger partial charge >= 0.3 is 0 Å². The third-order valence-electron chi connectivity index (χ3n) is 3.24. The lowest BCUT2D eigenvalue weighted by molar-refractivity contribution is 0.0496. The molecule has 0 aromatic heterocycles. The van der Waals surface area contributed by atoms with Crippen LogP contribution in [-0.4, -0.2) is 32.1 Å². The molecule has 2 rings (SSSR count). The molecule has 0 aliphatic carbocycles. The van der Waals surface area contributed by atoms with Gasteiger partial charge in [0.15, 0.2) is 19.2 Å². The quantitative estimate of drug-likeness (QED) is 0.458. The molecule has 1 aromatic rings. The molecule has 0 spiro atoms. The van der Waals surface area contributed by atoms with E-state index in [0.717, 1.165) is 0 Å². The molecule has 0 saturated heterocycles. The topological polar surface area (TPSA) is 61.8 Å². The number of methoxy groups -OCH3 is 1. The minimum Gasteiger partial charge on any atom is -0.485 e. The van der Waals surface area contributed by atoms with Gasteiger partial charge in [0, 0.05) is 18.2 Å². The molecule has 1 aliphatic rings. The molecular formula is C16H18O5. The van der Waals surface area contributed by atoms with E-state index in [1.807, 2.05) is 19.1 Å². The summed E-state index contributed by atoms with van der Waals surface area (Å²) in [5.41, 5.74) is 1.60. The molecule has 0 atom stereocenters. The fraction of sp³-hybridized carbons (Fsp3) is 0.375. The number of allylic oxidation sites excluding steroid dienone is 2. The maximum atomic E-state index is 12.0. The van der Waals surface area contributed by atoms with Crippen LogP contribution < -0.4 is 9.47 Å². The van der Waals surface area contributed by atoms with Gasteiger partial charge in [-0.1, -0.05) is 12.2 Å². The van der Waals surface area contributed by atoms with Crippen molar-refractivity contribution in [2.45, 2.75) is 20.3 Å². The van der Waals surface area contributed by atoms with Gasteiger partial charge in [-0.3, -0.25) is 9.59 Å². The molecule has 0 N–H and O–H groups in total. The standard InChI is InChI=1S/C16H18O5/c1-4-5-6-11-12(10(2)17)7-14-15(13(18)8-20-14)16(11)21-9-19-3/h4-5,7H,6,8-9H2,1-3H3/b5-4-. The van der Waals surface area contributed by atoms with Crippen LogP contribution in [0.1, 0.15) is 40.1 Å². The molecule has 21 heavy (non-hydrogen) atoms. The number of ketones is 2. The van der Waals surface area contributed by atoms with Crippen LogP contribution in [0.2, 0.25) is 0 Å². The van der Waals surface area contributed by atoms with Crippen molar-refractivity contribution in [3.05, 3.63) is 34.9 Å². The van der Waals surface area contributed by atoms with Crippen molar-refractivity contribution in [2.24, 2.45) is 0 Å². The summed E-state index contributed by atoms with van der Waals surface area (Å²) in [7, 11) is 1.50. The first-order chi connectivity index (χ1) is 10.1. The first-order valence-corrected chi connectivity index (χ1v) is 6.69. The molecule has 0 amide bonds. The van der Waals surface area contributed by atoms with E-state index in [4.69, 9.17) is 14.2 Å². The van der Waals surface area contributed by atoms with Gasteiger partial charge < -0.3 is 14.2 Å². The Bertz CT molecular complexity index is 601. The molecule has 0 unspecified atom stereocenters. The van der Waals surface area contributed by atoms with E-state index in [1.54, 1.807) is 6.07 Å². The second-order valence-electron chi connectivity index (χ2n) is 4.70. The van der Waals surface area contributed by atoms with Gasteiger partial charge in [0.05, 0.1) is 0 Å². The molecule has 0 bridgehead atoms. The predicted octanol–water partition coefficient (Wildman–Crippen LogP) is 2.57. The average Bonchev–Trinajstić information content (AvgIpc) is 2.83. The van der Waals surface area contributed by atoms with Crippen LogP contribution in [0.4, 0.5) is 0 Å². The van der Waals surface area contributed by atoms with Crippen molar-refractivity contribution >= 4 is 11.6 Å². The summed E-state index contributed by atoms with van der Waals surface area (Å²) in [5.74, 6) is 0.552. The summed E-state index contributed by atoms with van der Waals surface area (Å²) in [6, 6.07) is 1.63. The third-order valence-corrected chi connectivity index (χ3v) is 3.24. The average molecular weight is 290 g/mol. The van der Waals surface area contributed by atoms with Gasteiger partial charge in [-0.25, -0.2) is 0 Å². The number of fused-ring (bicyclic) bond motifs is 1. The summed E-state index contributed by atoms with van der Waals surface area (Å²) in [5, 5.41) is 0. The van der Waals surface area contributed by atoms with E-state index in [-0.39, 0.29) is 25.0 Å². The molecule has 5 heteroatoms. The van der Waals surface area contributed by atoms with Crippen molar-refractivity contribution in [3.8, 4) is 11.5 Å². The van der Waals surface area contributed by atoms with Crippen molar-refractivity contribution < 1.29 is 23.8 Å². The van der Waals surface area contributed by atoms with Gasteiger partial charge in [-0.05, 0) is 26.3 Å². The van der Waals surface area contributed by atoms with E-state index >= 15 is 0 Å². The fourth-order valence-electron chi connectivity index (χ4n) is 2.30. The maximum absolute atomic E-state index is 12.0. The Morgan fingerprint density at radius 1 is 1.48 bits per heavy atom. The van der Waals surface area contributed by atoms with Gasteiger partial charge in [0.25, 0.3) is 0 Å². The van der Waals surface area contributed by atoms with Crippen LogP contribution in [0.25, 0.3) is 0 Å². The Balaban J connectivity index is 2.64. The highest BCUT2D eigenvalue weighted by Crippen LogP contribution is 2.39. The number of benzene rings is 1. The second-order valence-corrected chi connectivity index (χ2v) is 4.70. The normalized spacial score (nSPS) is 13.4. The first-order valence-electron chi connectivity index (χ1n) is 6.69. The smallest absolute Gasteiger partial charge is 0.207 e. The van der Waals surface area contributed by atoms with Crippen LogP contribution in [0.15, 0.2) is 18.2 Å². The number of ether oxygens (including phenoxy) is 3. The van der Waals surface area contributed by atoms with E-state index in [2.05, 4.69) is 0 Å². The Labute approximate surface area is 123 Å².